The molecule has 3 rings (SSSR count). The van der Waals surface area contributed by atoms with E-state index in [4.69, 9.17) is 0 Å². The zero-order valence-electron chi connectivity index (χ0n) is 12.2. The van der Waals surface area contributed by atoms with Crippen LogP contribution in [0.1, 0.15) is 52.4 Å². The number of piperidine rings is 1. The highest BCUT2D eigenvalue weighted by Gasteiger charge is 2.42. The van der Waals surface area contributed by atoms with Gasteiger partial charge in [-0.25, -0.2) is 0 Å². The van der Waals surface area contributed by atoms with Crippen LogP contribution in [0.5, 0.6) is 0 Å². The summed E-state index contributed by atoms with van der Waals surface area (Å²) >= 11 is 0. The van der Waals surface area contributed by atoms with E-state index < -0.39 is 0 Å². The highest BCUT2D eigenvalue weighted by Crippen LogP contribution is 2.40. The first kappa shape index (κ1) is 12.9. The van der Waals surface area contributed by atoms with Crippen molar-refractivity contribution in [2.45, 2.75) is 64.5 Å². The van der Waals surface area contributed by atoms with Crippen LogP contribution in [0.3, 0.4) is 0 Å². The number of hydrogen-bond acceptors (Lipinski definition) is 2. The molecule has 0 aromatic rings. The van der Waals surface area contributed by atoms with Crippen LogP contribution < -0.4 is 5.32 Å². The van der Waals surface area contributed by atoms with Crippen molar-refractivity contribution in [1.29, 1.82) is 0 Å². The zero-order valence-corrected chi connectivity index (χ0v) is 12.2. The lowest BCUT2D eigenvalue weighted by atomic mass is 9.94. The molecule has 3 fully saturated rings. The van der Waals surface area contributed by atoms with Gasteiger partial charge in [-0.3, -0.25) is 4.90 Å². The fourth-order valence-electron chi connectivity index (χ4n) is 4.05. The quantitative estimate of drug-likeness (QED) is 0.807. The number of fused-ring (bicyclic) bond motifs is 1. The Labute approximate surface area is 113 Å². The van der Waals surface area contributed by atoms with Crippen LogP contribution in [-0.4, -0.2) is 36.6 Å². The van der Waals surface area contributed by atoms with Gasteiger partial charge in [-0.2, -0.15) is 0 Å². The predicted molar refractivity (Wildman–Crippen MR) is 76.7 cm³/mol. The third kappa shape index (κ3) is 2.91. The predicted octanol–water partition coefficient (Wildman–Crippen LogP) is 2.89. The van der Waals surface area contributed by atoms with Crippen molar-refractivity contribution in [3.05, 3.63) is 0 Å². The minimum atomic E-state index is 0.819. The van der Waals surface area contributed by atoms with E-state index in [1.54, 1.807) is 0 Å². The molecule has 0 bridgehead atoms. The van der Waals surface area contributed by atoms with E-state index in [1.807, 2.05) is 0 Å². The van der Waals surface area contributed by atoms with Crippen molar-refractivity contribution in [2.75, 3.05) is 19.6 Å². The Hall–Kier alpha value is -0.0800. The maximum Gasteiger partial charge on any atom is 0.0235 e. The first-order valence-corrected chi connectivity index (χ1v) is 8.21. The van der Waals surface area contributed by atoms with E-state index >= 15 is 0 Å². The van der Waals surface area contributed by atoms with Gasteiger partial charge in [-0.15, -0.1) is 0 Å². The third-order valence-electron chi connectivity index (χ3n) is 5.30. The molecule has 0 aromatic carbocycles. The van der Waals surface area contributed by atoms with Gasteiger partial charge in [0.25, 0.3) is 0 Å². The summed E-state index contributed by atoms with van der Waals surface area (Å²) < 4.78 is 0. The van der Waals surface area contributed by atoms with E-state index in [2.05, 4.69) is 24.1 Å². The number of nitrogens with one attached hydrogen (secondary N) is 1. The largest absolute Gasteiger partial charge is 0.312 e. The van der Waals surface area contributed by atoms with Crippen molar-refractivity contribution in [3.63, 3.8) is 0 Å². The van der Waals surface area contributed by atoms with Gasteiger partial charge in [0.1, 0.15) is 0 Å². The summed E-state index contributed by atoms with van der Waals surface area (Å²) in [5.41, 5.74) is 0. The monoisotopic (exact) mass is 250 g/mol. The highest BCUT2D eigenvalue weighted by molar-refractivity contribution is 4.98. The molecule has 1 N–H and O–H groups in total. The average molecular weight is 250 g/mol. The van der Waals surface area contributed by atoms with Gasteiger partial charge < -0.3 is 5.32 Å². The Balaban J connectivity index is 1.57. The van der Waals surface area contributed by atoms with Crippen LogP contribution in [0.4, 0.5) is 0 Å². The molecule has 0 spiro atoms. The maximum absolute atomic E-state index is 3.75. The lowest BCUT2D eigenvalue weighted by molar-refractivity contribution is 0.189. The minimum Gasteiger partial charge on any atom is -0.312 e. The summed E-state index contributed by atoms with van der Waals surface area (Å²) in [6.45, 7) is 8.72. The standard InChI is InChI=1S/C16H30N2/c1-12(2)5-8-16(13-6-7-13)18-10-14-4-3-9-17-15(14)11-18/h12-17H,3-11H2,1-2H3. The van der Waals surface area contributed by atoms with E-state index in [1.165, 1.54) is 58.2 Å². The van der Waals surface area contributed by atoms with Crippen molar-refractivity contribution < 1.29 is 0 Å². The molecule has 0 aromatic heterocycles. The molecule has 3 aliphatic rings. The SMILES string of the molecule is CC(C)CCC(C1CC1)N1CC2CCCNC2C1. The summed E-state index contributed by atoms with van der Waals surface area (Å²) in [5, 5.41) is 3.75. The maximum atomic E-state index is 3.75. The van der Waals surface area contributed by atoms with Crippen LogP contribution >= 0.6 is 0 Å². The van der Waals surface area contributed by atoms with Crippen LogP contribution in [0.15, 0.2) is 0 Å². The summed E-state index contributed by atoms with van der Waals surface area (Å²) in [6, 6.07) is 1.74. The molecule has 2 nitrogen and oxygen atoms in total. The Morgan fingerprint density at radius 2 is 1.94 bits per heavy atom. The summed E-state index contributed by atoms with van der Waals surface area (Å²) in [4.78, 5) is 2.85. The van der Waals surface area contributed by atoms with Gasteiger partial charge in [0, 0.05) is 25.2 Å². The molecule has 2 saturated heterocycles. The van der Waals surface area contributed by atoms with E-state index in [0.717, 1.165) is 29.8 Å². The number of likely N-dealkylation sites (tertiary alicyclic amines) is 1. The molecule has 104 valence electrons. The molecule has 0 radical (unpaired) electrons. The Kier molecular flexibility index (Phi) is 3.95. The third-order valence-corrected chi connectivity index (χ3v) is 5.30. The topological polar surface area (TPSA) is 15.3 Å². The minimum absolute atomic E-state index is 0.819. The number of hydrogen-bond donors (Lipinski definition) is 1. The van der Waals surface area contributed by atoms with E-state index in [0.29, 0.717) is 0 Å². The number of rotatable bonds is 5. The van der Waals surface area contributed by atoms with Gasteiger partial charge in [0.15, 0.2) is 0 Å². The van der Waals surface area contributed by atoms with Gasteiger partial charge >= 0.3 is 0 Å². The molecular formula is C16H30N2. The van der Waals surface area contributed by atoms with Crippen LogP contribution in [0.2, 0.25) is 0 Å². The molecule has 18 heavy (non-hydrogen) atoms. The van der Waals surface area contributed by atoms with Crippen LogP contribution in [-0.2, 0) is 0 Å². The fraction of sp³-hybridized carbons (Fsp3) is 1.00. The lowest BCUT2D eigenvalue weighted by Gasteiger charge is -2.28. The average Bonchev–Trinajstić information content (AvgIpc) is 3.08. The fourth-order valence-corrected chi connectivity index (χ4v) is 4.05. The first-order chi connectivity index (χ1) is 8.74. The van der Waals surface area contributed by atoms with Crippen LogP contribution in [0.25, 0.3) is 0 Å². The second-order valence-corrected chi connectivity index (χ2v) is 7.29. The first-order valence-electron chi connectivity index (χ1n) is 8.21. The molecule has 2 aliphatic heterocycles. The molecule has 3 atom stereocenters. The van der Waals surface area contributed by atoms with E-state index in [-0.39, 0.29) is 0 Å². The molecule has 2 heterocycles. The molecule has 1 saturated carbocycles. The van der Waals surface area contributed by atoms with Gasteiger partial charge in [-0.1, -0.05) is 13.8 Å². The Morgan fingerprint density at radius 1 is 1.11 bits per heavy atom. The number of nitrogens with zero attached hydrogens (tertiary/aromatic N) is 1. The second-order valence-electron chi connectivity index (χ2n) is 7.29. The Bertz CT molecular complexity index is 258. The van der Waals surface area contributed by atoms with Crippen molar-refractivity contribution in [3.8, 4) is 0 Å². The highest BCUT2D eigenvalue weighted by atomic mass is 15.2. The summed E-state index contributed by atoms with van der Waals surface area (Å²) in [6.07, 6.45) is 8.73. The van der Waals surface area contributed by atoms with Gasteiger partial charge in [0.2, 0.25) is 0 Å². The Morgan fingerprint density at radius 3 is 2.61 bits per heavy atom. The summed E-state index contributed by atoms with van der Waals surface area (Å²) in [5.74, 6) is 2.87. The molecule has 1 aliphatic carbocycles. The second kappa shape index (κ2) is 5.50. The van der Waals surface area contributed by atoms with Crippen molar-refractivity contribution in [2.24, 2.45) is 17.8 Å². The van der Waals surface area contributed by atoms with Gasteiger partial charge in [-0.05, 0) is 62.8 Å². The molecular weight excluding hydrogens is 220 g/mol. The van der Waals surface area contributed by atoms with Crippen LogP contribution in [0, 0.1) is 17.8 Å². The molecule has 0 amide bonds. The van der Waals surface area contributed by atoms with Gasteiger partial charge in [0.05, 0.1) is 0 Å². The normalized spacial score (nSPS) is 34.8. The smallest absolute Gasteiger partial charge is 0.0235 e. The summed E-state index contributed by atoms with van der Waals surface area (Å²) in [7, 11) is 0. The molecule has 2 heteroatoms. The van der Waals surface area contributed by atoms with E-state index in [9.17, 15) is 0 Å². The van der Waals surface area contributed by atoms with Crippen molar-refractivity contribution in [1.82, 2.24) is 10.2 Å². The van der Waals surface area contributed by atoms with Crippen molar-refractivity contribution >= 4 is 0 Å². The molecule has 3 unspecified atom stereocenters. The zero-order chi connectivity index (χ0) is 12.5. The lowest BCUT2D eigenvalue weighted by Crippen LogP contribution is -2.41.